The number of pyridine rings is 1. The van der Waals surface area contributed by atoms with E-state index in [9.17, 15) is 47.1 Å². The summed E-state index contributed by atoms with van der Waals surface area (Å²) in [7, 11) is 0. The number of rotatable bonds is 11. The molecule has 1 saturated carbocycles. The molecule has 4 aromatic carbocycles. The maximum atomic E-state index is 13.7. The number of nitrogens with one attached hydrogen (secondary N) is 4. The number of carbonyl (C=O) groups excluding carboxylic acids is 8. The van der Waals surface area contributed by atoms with E-state index in [4.69, 9.17) is 14.6 Å². The molecule has 0 bridgehead atoms. The van der Waals surface area contributed by atoms with Crippen LogP contribution in [0, 0.1) is 0 Å². The van der Waals surface area contributed by atoms with Crippen molar-refractivity contribution in [3.8, 4) is 11.1 Å². The summed E-state index contributed by atoms with van der Waals surface area (Å²) in [4.78, 5) is 108. The van der Waals surface area contributed by atoms with Crippen LogP contribution in [0.25, 0.3) is 32.9 Å². The second-order valence-electron chi connectivity index (χ2n) is 21.5. The summed E-state index contributed by atoms with van der Waals surface area (Å²) >= 11 is 0. The molecule has 7 aromatic rings. The Bertz CT molecular complexity index is 3860. The Morgan fingerprint density at radius 2 is 1.04 bits per heavy atom. The molecule has 3 aromatic heterocycles. The van der Waals surface area contributed by atoms with Gasteiger partial charge in [0.05, 0.1) is 69.1 Å². The Balaban J connectivity index is 0.000000155. The predicted octanol–water partition coefficient (Wildman–Crippen LogP) is 7.94. The van der Waals surface area contributed by atoms with Crippen LogP contribution in [-0.4, -0.2) is 120 Å². The highest BCUT2D eigenvalue weighted by molar-refractivity contribution is 6.27. The molecular weight excluding hydrogens is 1060 g/mol. The van der Waals surface area contributed by atoms with Crippen molar-refractivity contribution in [2.45, 2.75) is 101 Å². The first-order valence-electron chi connectivity index (χ1n) is 27.4. The first-order chi connectivity index (χ1) is 39.8. The van der Waals surface area contributed by atoms with E-state index in [0.717, 1.165) is 89.0 Å². The Kier molecular flexibility index (Phi) is 13.5. The minimum absolute atomic E-state index is 0.00634. The molecule has 7 aliphatic rings. The highest BCUT2D eigenvalue weighted by Crippen LogP contribution is 2.47. The molecular formula is C59H53F2N11O10. The number of halogens is 2. The molecule has 5 fully saturated rings. The van der Waals surface area contributed by atoms with E-state index in [1.807, 2.05) is 23.0 Å². The van der Waals surface area contributed by atoms with Crippen molar-refractivity contribution in [3.05, 3.63) is 125 Å². The molecule has 6 aliphatic heterocycles. The lowest BCUT2D eigenvalue weighted by Gasteiger charge is -2.27. The second-order valence-corrected chi connectivity index (χ2v) is 21.5. The van der Waals surface area contributed by atoms with Crippen LogP contribution >= 0.6 is 0 Å². The fourth-order valence-electron chi connectivity index (χ4n) is 12.1. The number of hydrogen-bond donors (Lipinski definition) is 4. The molecule has 82 heavy (non-hydrogen) atoms. The number of ether oxygens (including phenoxy) is 2. The number of aromatic nitrogens is 5. The molecule has 14 rings (SSSR count). The van der Waals surface area contributed by atoms with Crippen LogP contribution in [0.4, 0.5) is 31.5 Å². The number of anilines is 4. The molecule has 9 heterocycles. The summed E-state index contributed by atoms with van der Waals surface area (Å²) in [5.74, 6) is -4.08. The van der Waals surface area contributed by atoms with Crippen molar-refractivity contribution >= 4 is 91.8 Å². The molecule has 21 nitrogen and oxygen atoms in total. The third-order valence-corrected chi connectivity index (χ3v) is 16.4. The number of piperidine rings is 2. The standard InChI is InChI=1S/C31H26F2N6O5.C28H27N5O5/c32-28(33)23-12-16(6-9-34-23)20-14-25-17(15-35-39(25)18-7-10-44-11-8-18)13-22(20)36-21-3-1-2-19-27(21)31(43)38(30(19)42)24-4-5-26(40)37-29(24)41;34-24-7-6-22(26(35)31-24)32-27(36)18-2-1-3-20(25(18)28(32)37)30-21-12-16-14-29-33(17-8-10-38-11-9-17)23(16)13-19(21)15-4-5-15/h1-3,6,9,12-15,18,24,28,36H,4-5,7-8,10-11H2,(H,37,40,41);1-3,12-15,17,22,30H,4-11H2,(H,31,34,35). The van der Waals surface area contributed by atoms with E-state index >= 15 is 0 Å². The maximum Gasteiger partial charge on any atom is 0.280 e. The SMILES string of the molecule is O=C1CCC(N2C(=O)c3cccc(Nc4cc5cnn(C6CCOCC6)c5cc4-c4ccnc(C(F)F)c4)c3C2=O)C(=O)N1.O=C1CCC(N2C(=O)c3cccc(Nc4cc5cnn(C6CCOCC6)c5cc4C4CC4)c3C2=O)C(=O)N1. The van der Waals surface area contributed by atoms with Crippen molar-refractivity contribution in [2.75, 3.05) is 37.1 Å². The first kappa shape index (κ1) is 52.3. The lowest BCUT2D eigenvalue weighted by atomic mass is 10.00. The zero-order valence-electron chi connectivity index (χ0n) is 44.0. The van der Waals surface area contributed by atoms with Crippen molar-refractivity contribution in [3.63, 3.8) is 0 Å². The van der Waals surface area contributed by atoms with Crippen LogP contribution in [0.15, 0.2) is 91.4 Å². The Morgan fingerprint density at radius 1 is 0.537 bits per heavy atom. The number of hydrogen-bond acceptors (Lipinski definition) is 15. The molecule has 8 amide bonds. The van der Waals surface area contributed by atoms with E-state index in [1.165, 1.54) is 23.9 Å². The average Bonchev–Trinajstić information content (AvgIpc) is 4.18. The topological polar surface area (TPSA) is 258 Å². The number of carbonyl (C=O) groups is 8. The van der Waals surface area contributed by atoms with Crippen molar-refractivity contribution in [1.29, 1.82) is 0 Å². The summed E-state index contributed by atoms with van der Waals surface area (Å²) < 4.78 is 42.4. The first-order valence-corrected chi connectivity index (χ1v) is 27.4. The van der Waals surface area contributed by atoms with Gasteiger partial charge in [-0.2, -0.15) is 10.2 Å². The molecule has 4 saturated heterocycles. The Labute approximate surface area is 465 Å². The number of nitrogens with zero attached hydrogens (tertiary/aromatic N) is 7. The predicted molar refractivity (Wildman–Crippen MR) is 291 cm³/mol. The summed E-state index contributed by atoms with van der Waals surface area (Å²) in [6, 6.07) is 19.1. The molecule has 1 aliphatic carbocycles. The third kappa shape index (κ3) is 9.41. The smallest absolute Gasteiger partial charge is 0.280 e. The minimum Gasteiger partial charge on any atom is -0.381 e. The van der Waals surface area contributed by atoms with Gasteiger partial charge in [-0.15, -0.1) is 0 Å². The highest BCUT2D eigenvalue weighted by Gasteiger charge is 2.47. The summed E-state index contributed by atoms with van der Waals surface area (Å²) in [5.41, 5.74) is 6.63. The molecule has 0 radical (unpaired) electrons. The van der Waals surface area contributed by atoms with Crippen LogP contribution in [0.2, 0.25) is 0 Å². The lowest BCUT2D eigenvalue weighted by molar-refractivity contribution is -0.137. The van der Waals surface area contributed by atoms with Gasteiger partial charge in [0.15, 0.2) is 0 Å². The number of imide groups is 4. The molecule has 2 unspecified atom stereocenters. The Hall–Kier alpha value is -9.09. The average molecular weight is 1110 g/mol. The normalized spacial score (nSPS) is 20.6. The molecule has 0 spiro atoms. The Morgan fingerprint density at radius 3 is 1.54 bits per heavy atom. The molecule has 23 heteroatoms. The van der Waals surface area contributed by atoms with Crippen molar-refractivity contribution in [2.24, 2.45) is 0 Å². The van der Waals surface area contributed by atoms with Gasteiger partial charge >= 0.3 is 0 Å². The van der Waals surface area contributed by atoms with E-state index in [0.29, 0.717) is 53.4 Å². The van der Waals surface area contributed by atoms with E-state index in [2.05, 4.69) is 48.2 Å². The maximum absolute atomic E-state index is 13.7. The molecule has 418 valence electrons. The lowest BCUT2D eigenvalue weighted by Crippen LogP contribution is -2.54. The fourth-order valence-corrected chi connectivity index (χ4v) is 12.1. The van der Waals surface area contributed by atoms with Crippen LogP contribution in [0.5, 0.6) is 0 Å². The summed E-state index contributed by atoms with van der Waals surface area (Å²) in [5, 5.41) is 22.3. The van der Waals surface area contributed by atoms with Gasteiger partial charge in [-0.25, -0.2) is 8.78 Å². The van der Waals surface area contributed by atoms with E-state index in [1.54, 1.807) is 42.6 Å². The van der Waals surface area contributed by atoms with Gasteiger partial charge in [-0.3, -0.25) is 73.1 Å². The summed E-state index contributed by atoms with van der Waals surface area (Å²) in [6.45, 7) is 2.70. The molecule has 2 atom stereocenters. The second kappa shape index (κ2) is 21.1. The fraction of sp³-hybridized carbons (Fsp3) is 0.339. The minimum atomic E-state index is -2.78. The summed E-state index contributed by atoms with van der Waals surface area (Å²) in [6.07, 6.45) is 8.03. The van der Waals surface area contributed by atoms with Gasteiger partial charge in [0.1, 0.15) is 17.8 Å². The van der Waals surface area contributed by atoms with Gasteiger partial charge in [0.2, 0.25) is 23.6 Å². The van der Waals surface area contributed by atoms with E-state index in [-0.39, 0.29) is 59.7 Å². The number of amides is 8. The van der Waals surface area contributed by atoms with Crippen LogP contribution in [0.3, 0.4) is 0 Å². The highest BCUT2D eigenvalue weighted by atomic mass is 19.3. The van der Waals surface area contributed by atoms with Crippen molar-refractivity contribution in [1.82, 2.24) is 45.0 Å². The number of benzene rings is 4. The van der Waals surface area contributed by atoms with Gasteiger partial charge in [0.25, 0.3) is 30.1 Å². The van der Waals surface area contributed by atoms with Crippen molar-refractivity contribution < 1.29 is 56.6 Å². The van der Waals surface area contributed by atoms with Gasteiger partial charge < -0.3 is 20.1 Å². The van der Waals surface area contributed by atoms with Gasteiger partial charge in [-0.1, -0.05) is 12.1 Å². The number of fused-ring (bicyclic) bond motifs is 4. The third-order valence-electron chi connectivity index (χ3n) is 16.4. The van der Waals surface area contributed by atoms with Gasteiger partial charge in [0, 0.05) is 73.2 Å². The van der Waals surface area contributed by atoms with Crippen LogP contribution in [-0.2, 0) is 28.7 Å². The quantitative estimate of drug-likeness (QED) is 0.0897. The zero-order chi connectivity index (χ0) is 56.5. The van der Waals surface area contributed by atoms with E-state index < -0.39 is 65.8 Å². The van der Waals surface area contributed by atoms with Crippen LogP contribution < -0.4 is 21.3 Å². The van der Waals surface area contributed by atoms with Crippen LogP contribution in [0.1, 0.15) is 141 Å². The molecule has 4 N–H and O–H groups in total. The largest absolute Gasteiger partial charge is 0.381 e. The number of alkyl halides is 2. The monoisotopic (exact) mass is 1110 g/mol. The van der Waals surface area contributed by atoms with Gasteiger partial charge in [-0.05, 0) is 129 Å². The zero-order valence-corrected chi connectivity index (χ0v) is 44.0.